The molecule has 4 rings (SSSR count). The first-order valence-electron chi connectivity index (χ1n) is 9.89. The molecule has 1 saturated heterocycles. The van der Waals surface area contributed by atoms with Crippen molar-refractivity contribution in [1.29, 1.82) is 0 Å². The van der Waals surface area contributed by atoms with Gasteiger partial charge in [-0.25, -0.2) is 4.79 Å². The summed E-state index contributed by atoms with van der Waals surface area (Å²) in [5.74, 6) is 1.54. The number of nitrogens with one attached hydrogen (secondary N) is 2. The monoisotopic (exact) mass is 336 g/mol. The Morgan fingerprint density at radius 3 is 2.79 bits per heavy atom. The fraction of sp³-hybridized carbons (Fsp3) is 0.842. The van der Waals surface area contributed by atoms with Crippen molar-refractivity contribution in [2.45, 2.75) is 33.6 Å². The zero-order valence-corrected chi connectivity index (χ0v) is 15.7. The number of piperazine rings is 1. The Bertz CT molecular complexity index is 482. The molecule has 1 aliphatic heterocycles. The molecule has 2 amide bonds. The van der Waals surface area contributed by atoms with Crippen molar-refractivity contribution in [1.82, 2.24) is 10.2 Å². The fourth-order valence-corrected chi connectivity index (χ4v) is 4.82. The highest BCUT2D eigenvalue weighted by molar-refractivity contribution is 5.74. The van der Waals surface area contributed by atoms with Crippen LogP contribution in [0.15, 0.2) is 11.6 Å². The minimum atomic E-state index is 0.112. The molecule has 5 heteroatoms. The number of hydrogen-bond donors (Lipinski definition) is 3. The van der Waals surface area contributed by atoms with E-state index in [2.05, 4.69) is 35.5 Å². The van der Waals surface area contributed by atoms with E-state index >= 15 is 0 Å². The lowest BCUT2D eigenvalue weighted by atomic mass is 9.49. The van der Waals surface area contributed by atoms with E-state index in [9.17, 15) is 4.79 Å². The summed E-state index contributed by atoms with van der Waals surface area (Å²) in [6.45, 7) is 15.2. The summed E-state index contributed by atoms with van der Waals surface area (Å²) in [5, 5.41) is 5.41. The van der Waals surface area contributed by atoms with Crippen molar-refractivity contribution in [2.24, 2.45) is 17.3 Å². The Balaban J connectivity index is 1.59. The second-order valence-corrected chi connectivity index (χ2v) is 8.44. The van der Waals surface area contributed by atoms with Crippen LogP contribution < -0.4 is 15.5 Å². The SMILES string of the molecule is CCNC(=O)N(CC[NH+]1CC[NH2+]CC1)CC1=CC[C@H]2C[C@@H]1C2(C)C. The molecule has 0 radical (unpaired) electrons. The maximum atomic E-state index is 12.5. The largest absolute Gasteiger partial charge is 0.338 e. The van der Waals surface area contributed by atoms with E-state index in [1.807, 2.05) is 6.92 Å². The highest BCUT2D eigenvalue weighted by Gasteiger charge is 2.51. The molecule has 2 fully saturated rings. The highest BCUT2D eigenvalue weighted by atomic mass is 16.2. The van der Waals surface area contributed by atoms with Gasteiger partial charge in [0.15, 0.2) is 0 Å². The molecule has 2 atom stereocenters. The molecular formula is C19H36N4O+2. The van der Waals surface area contributed by atoms with Crippen LogP contribution in [0.2, 0.25) is 0 Å². The van der Waals surface area contributed by atoms with Gasteiger partial charge in [-0.3, -0.25) is 0 Å². The molecule has 0 aromatic carbocycles. The van der Waals surface area contributed by atoms with E-state index in [1.165, 1.54) is 44.6 Å². The third-order valence-electron chi connectivity index (χ3n) is 6.71. The van der Waals surface area contributed by atoms with Crippen molar-refractivity contribution >= 4 is 6.03 Å². The predicted octanol–water partition coefficient (Wildman–Crippen LogP) is -0.528. The van der Waals surface area contributed by atoms with E-state index in [0.717, 1.165) is 25.6 Å². The Labute approximate surface area is 146 Å². The number of carbonyl (C=O) groups excluding carboxylic acids is 1. The summed E-state index contributed by atoms with van der Waals surface area (Å²) in [6, 6.07) is 0.112. The van der Waals surface area contributed by atoms with E-state index in [1.54, 1.807) is 4.90 Å². The molecule has 1 heterocycles. The number of allylic oxidation sites excluding steroid dienone is 1. The van der Waals surface area contributed by atoms with Gasteiger partial charge in [0.2, 0.25) is 0 Å². The lowest BCUT2D eigenvalue weighted by Gasteiger charge is -2.57. The molecule has 0 aromatic rings. The van der Waals surface area contributed by atoms with Gasteiger partial charge in [-0.1, -0.05) is 25.5 Å². The van der Waals surface area contributed by atoms with Crippen LogP contribution in [0.1, 0.15) is 33.6 Å². The average molecular weight is 337 g/mol. The van der Waals surface area contributed by atoms with Crippen molar-refractivity contribution < 1.29 is 15.0 Å². The molecule has 1 saturated carbocycles. The number of carbonyl (C=O) groups is 1. The lowest BCUT2D eigenvalue weighted by molar-refractivity contribution is -0.946. The Kier molecular flexibility index (Phi) is 5.50. The molecule has 5 nitrogen and oxygen atoms in total. The van der Waals surface area contributed by atoms with Gasteiger partial charge in [0.05, 0.1) is 13.1 Å². The van der Waals surface area contributed by atoms with E-state index in [4.69, 9.17) is 0 Å². The number of nitrogens with zero attached hydrogens (tertiary/aromatic N) is 1. The fourth-order valence-electron chi connectivity index (χ4n) is 4.82. The number of quaternary nitrogens is 2. The second-order valence-electron chi connectivity index (χ2n) is 8.44. The third-order valence-corrected chi connectivity index (χ3v) is 6.71. The summed E-state index contributed by atoms with van der Waals surface area (Å²) in [5.41, 5.74) is 1.95. The van der Waals surface area contributed by atoms with Gasteiger partial charge >= 0.3 is 6.03 Å². The second kappa shape index (κ2) is 7.44. The standard InChI is InChI=1S/C19H34N4O/c1-4-21-18(24)23(12-11-22-9-7-20-8-10-22)14-15-5-6-16-13-17(15)19(16,2)3/h5,16-17,20H,4,6-14H2,1-3H3,(H,21,24)/p+2/t16-,17-/m0/s1. The maximum Gasteiger partial charge on any atom is 0.317 e. The summed E-state index contributed by atoms with van der Waals surface area (Å²) in [7, 11) is 0. The maximum absolute atomic E-state index is 12.5. The van der Waals surface area contributed by atoms with Crippen LogP contribution in [0.25, 0.3) is 0 Å². The third kappa shape index (κ3) is 3.62. The van der Waals surface area contributed by atoms with Gasteiger partial charge < -0.3 is 20.4 Å². The summed E-state index contributed by atoms with van der Waals surface area (Å²) >= 11 is 0. The van der Waals surface area contributed by atoms with Crippen molar-refractivity contribution in [3.8, 4) is 0 Å². The molecule has 3 aliphatic carbocycles. The Morgan fingerprint density at radius 1 is 1.42 bits per heavy atom. The van der Waals surface area contributed by atoms with Gasteiger partial charge in [-0.15, -0.1) is 0 Å². The summed E-state index contributed by atoms with van der Waals surface area (Å²) in [6.07, 6.45) is 4.96. The van der Waals surface area contributed by atoms with Crippen molar-refractivity contribution in [3.05, 3.63) is 11.6 Å². The molecule has 0 spiro atoms. The number of fused-ring (bicyclic) bond motifs is 1. The normalized spacial score (nSPS) is 28.7. The minimum absolute atomic E-state index is 0.112. The highest BCUT2D eigenvalue weighted by Crippen LogP contribution is 2.59. The lowest BCUT2D eigenvalue weighted by Crippen LogP contribution is -3.21. The zero-order chi connectivity index (χ0) is 17.2. The molecule has 4 N–H and O–H groups in total. The molecule has 24 heavy (non-hydrogen) atoms. The number of hydrogen-bond acceptors (Lipinski definition) is 1. The first-order chi connectivity index (χ1) is 11.5. The van der Waals surface area contributed by atoms with Gasteiger partial charge in [0.1, 0.15) is 26.2 Å². The Morgan fingerprint density at radius 2 is 2.17 bits per heavy atom. The quantitative estimate of drug-likeness (QED) is 0.562. The number of nitrogens with two attached hydrogens (primary N) is 1. The molecule has 2 bridgehead atoms. The first kappa shape index (κ1) is 17.7. The van der Waals surface area contributed by atoms with Crippen LogP contribution in [-0.4, -0.2) is 63.3 Å². The van der Waals surface area contributed by atoms with Crippen LogP contribution >= 0.6 is 0 Å². The predicted molar refractivity (Wildman–Crippen MR) is 95.9 cm³/mol. The van der Waals surface area contributed by atoms with Crippen LogP contribution in [0, 0.1) is 17.3 Å². The topological polar surface area (TPSA) is 53.4 Å². The van der Waals surface area contributed by atoms with Crippen molar-refractivity contribution in [2.75, 3.05) is 52.4 Å². The smallest absolute Gasteiger partial charge is 0.317 e. The molecule has 0 unspecified atom stereocenters. The average Bonchev–Trinajstić information content (AvgIpc) is 2.59. The summed E-state index contributed by atoms with van der Waals surface area (Å²) < 4.78 is 0. The van der Waals surface area contributed by atoms with Crippen LogP contribution in [0.4, 0.5) is 4.79 Å². The van der Waals surface area contributed by atoms with Crippen molar-refractivity contribution in [3.63, 3.8) is 0 Å². The minimum Gasteiger partial charge on any atom is -0.338 e. The molecule has 4 aliphatic rings. The first-order valence-corrected chi connectivity index (χ1v) is 9.89. The van der Waals surface area contributed by atoms with Crippen LogP contribution in [0.5, 0.6) is 0 Å². The zero-order valence-electron chi connectivity index (χ0n) is 15.7. The number of urea groups is 1. The van der Waals surface area contributed by atoms with Gasteiger partial charge in [-0.2, -0.15) is 0 Å². The van der Waals surface area contributed by atoms with Gasteiger partial charge in [0.25, 0.3) is 0 Å². The molecule has 0 aromatic heterocycles. The van der Waals surface area contributed by atoms with E-state index in [0.29, 0.717) is 17.9 Å². The molecular weight excluding hydrogens is 300 g/mol. The summed E-state index contributed by atoms with van der Waals surface area (Å²) in [4.78, 5) is 16.3. The Hall–Kier alpha value is -1.07. The van der Waals surface area contributed by atoms with Gasteiger partial charge in [-0.05, 0) is 37.0 Å². The van der Waals surface area contributed by atoms with E-state index in [-0.39, 0.29) is 6.03 Å². The molecule has 136 valence electrons. The van der Waals surface area contributed by atoms with E-state index < -0.39 is 0 Å². The number of amides is 2. The van der Waals surface area contributed by atoms with Crippen LogP contribution in [-0.2, 0) is 0 Å². The van der Waals surface area contributed by atoms with Gasteiger partial charge in [0, 0.05) is 13.1 Å². The van der Waals surface area contributed by atoms with Crippen LogP contribution in [0.3, 0.4) is 0 Å². The number of rotatable bonds is 6.